The van der Waals surface area contributed by atoms with Crippen molar-refractivity contribution in [2.24, 2.45) is 0 Å². The quantitative estimate of drug-likeness (QED) is 0.565. The van der Waals surface area contributed by atoms with E-state index in [9.17, 15) is 0 Å². The normalized spacial score (nSPS) is 11.2. The summed E-state index contributed by atoms with van der Waals surface area (Å²) in [4.78, 5) is 1.90. The first kappa shape index (κ1) is 10.8. The second kappa shape index (κ2) is 4.25. The van der Waals surface area contributed by atoms with Crippen molar-refractivity contribution in [1.82, 2.24) is 19.8 Å². The standard InChI is InChI=1S/C13H8N4S2/c1-2-5-9(6-3-1)12-16-17-11(10-7-4-8-18-10)14-15-13(17)19-12/h1-8H. The Labute approximate surface area is 117 Å². The summed E-state index contributed by atoms with van der Waals surface area (Å²) in [6.45, 7) is 0. The molecule has 6 heteroatoms. The van der Waals surface area contributed by atoms with Crippen LogP contribution < -0.4 is 0 Å². The lowest BCUT2D eigenvalue weighted by Gasteiger charge is -1.93. The van der Waals surface area contributed by atoms with Crippen LogP contribution in [0, 0.1) is 0 Å². The van der Waals surface area contributed by atoms with Crippen LogP contribution in [0.15, 0.2) is 47.8 Å². The molecule has 0 atom stereocenters. The summed E-state index contributed by atoms with van der Waals surface area (Å²) < 4.78 is 1.82. The van der Waals surface area contributed by atoms with Crippen LogP contribution in [0.5, 0.6) is 0 Å². The van der Waals surface area contributed by atoms with Gasteiger partial charge < -0.3 is 0 Å². The lowest BCUT2D eigenvalue weighted by molar-refractivity contribution is 0.974. The minimum Gasteiger partial charge on any atom is -0.181 e. The van der Waals surface area contributed by atoms with Crippen molar-refractivity contribution in [2.75, 3.05) is 0 Å². The molecule has 0 saturated carbocycles. The number of hydrogen-bond donors (Lipinski definition) is 0. The number of aromatic nitrogens is 4. The molecular formula is C13H8N4S2. The Bertz CT molecular complexity index is 815. The predicted octanol–water partition coefficient (Wildman–Crippen LogP) is 3.58. The first-order valence-corrected chi connectivity index (χ1v) is 7.43. The number of fused-ring (bicyclic) bond motifs is 1. The average Bonchev–Trinajstić information content (AvgIpc) is 3.15. The third kappa shape index (κ3) is 1.76. The van der Waals surface area contributed by atoms with E-state index in [0.29, 0.717) is 0 Å². The summed E-state index contributed by atoms with van der Waals surface area (Å²) in [6, 6.07) is 14.2. The molecule has 0 fully saturated rings. The van der Waals surface area contributed by atoms with Gasteiger partial charge in [-0.25, -0.2) is 0 Å². The van der Waals surface area contributed by atoms with E-state index < -0.39 is 0 Å². The van der Waals surface area contributed by atoms with Crippen molar-refractivity contribution in [3.05, 3.63) is 47.8 Å². The number of thiophene rings is 1. The van der Waals surface area contributed by atoms with E-state index >= 15 is 0 Å². The minimum atomic E-state index is 0.809. The molecule has 0 saturated heterocycles. The summed E-state index contributed by atoms with van der Waals surface area (Å²) in [5.74, 6) is 0.809. The molecule has 4 rings (SSSR count). The van der Waals surface area contributed by atoms with Gasteiger partial charge in [0.1, 0.15) is 5.01 Å². The van der Waals surface area contributed by atoms with Gasteiger partial charge in [0.05, 0.1) is 4.88 Å². The summed E-state index contributed by atoms with van der Waals surface area (Å²) in [5, 5.41) is 16.0. The van der Waals surface area contributed by atoms with E-state index in [-0.39, 0.29) is 0 Å². The zero-order valence-corrected chi connectivity index (χ0v) is 11.4. The Morgan fingerprint density at radius 1 is 0.947 bits per heavy atom. The van der Waals surface area contributed by atoms with Crippen LogP contribution in [0.25, 0.3) is 26.2 Å². The molecule has 3 heterocycles. The monoisotopic (exact) mass is 284 g/mol. The van der Waals surface area contributed by atoms with Gasteiger partial charge in [0.2, 0.25) is 4.96 Å². The molecule has 92 valence electrons. The van der Waals surface area contributed by atoms with Crippen LogP contribution in [0.3, 0.4) is 0 Å². The van der Waals surface area contributed by atoms with Gasteiger partial charge in [0, 0.05) is 5.56 Å². The lowest BCUT2D eigenvalue weighted by Crippen LogP contribution is -1.88. The van der Waals surface area contributed by atoms with Gasteiger partial charge in [-0.05, 0) is 11.4 Å². The van der Waals surface area contributed by atoms with E-state index in [4.69, 9.17) is 0 Å². The smallest absolute Gasteiger partial charge is 0.181 e. The maximum absolute atomic E-state index is 4.62. The highest BCUT2D eigenvalue weighted by Crippen LogP contribution is 2.29. The van der Waals surface area contributed by atoms with Gasteiger partial charge >= 0.3 is 0 Å². The van der Waals surface area contributed by atoms with Crippen molar-refractivity contribution < 1.29 is 0 Å². The highest BCUT2D eigenvalue weighted by Gasteiger charge is 2.14. The Hall–Kier alpha value is -2.05. The number of benzene rings is 1. The van der Waals surface area contributed by atoms with E-state index in [1.165, 1.54) is 0 Å². The number of nitrogens with zero attached hydrogens (tertiary/aromatic N) is 4. The predicted molar refractivity (Wildman–Crippen MR) is 77.4 cm³/mol. The molecule has 0 amide bonds. The molecule has 0 aliphatic rings. The molecular weight excluding hydrogens is 276 g/mol. The fourth-order valence-corrected chi connectivity index (χ4v) is 3.41. The number of hydrogen-bond acceptors (Lipinski definition) is 5. The summed E-state index contributed by atoms with van der Waals surface area (Å²) in [7, 11) is 0. The zero-order chi connectivity index (χ0) is 12.7. The van der Waals surface area contributed by atoms with Crippen molar-refractivity contribution in [2.45, 2.75) is 0 Å². The van der Waals surface area contributed by atoms with E-state index in [2.05, 4.69) is 27.4 Å². The minimum absolute atomic E-state index is 0.809. The molecule has 0 aliphatic carbocycles. The highest BCUT2D eigenvalue weighted by atomic mass is 32.1. The maximum Gasteiger partial charge on any atom is 0.235 e. The molecule has 3 aromatic heterocycles. The van der Waals surface area contributed by atoms with E-state index in [0.717, 1.165) is 26.2 Å². The van der Waals surface area contributed by atoms with Gasteiger partial charge in [0.15, 0.2) is 5.82 Å². The maximum atomic E-state index is 4.62. The molecule has 0 radical (unpaired) electrons. The van der Waals surface area contributed by atoms with Crippen LogP contribution in [0.1, 0.15) is 0 Å². The molecule has 0 bridgehead atoms. The summed E-state index contributed by atoms with van der Waals surface area (Å²) in [5.41, 5.74) is 1.11. The summed E-state index contributed by atoms with van der Waals surface area (Å²) >= 11 is 3.19. The van der Waals surface area contributed by atoms with Crippen LogP contribution in [0.4, 0.5) is 0 Å². The fraction of sp³-hybridized carbons (Fsp3) is 0. The lowest BCUT2D eigenvalue weighted by atomic mass is 10.2. The van der Waals surface area contributed by atoms with Gasteiger partial charge in [0.25, 0.3) is 0 Å². The molecule has 4 nitrogen and oxygen atoms in total. The van der Waals surface area contributed by atoms with Gasteiger partial charge in [-0.2, -0.15) is 9.61 Å². The molecule has 4 aromatic rings. The molecule has 0 spiro atoms. The third-order valence-corrected chi connectivity index (χ3v) is 4.57. The average molecular weight is 284 g/mol. The molecule has 0 aliphatic heterocycles. The molecule has 0 N–H and O–H groups in total. The Balaban J connectivity index is 1.89. The second-order valence-corrected chi connectivity index (χ2v) is 5.87. The first-order chi connectivity index (χ1) is 9.42. The third-order valence-electron chi connectivity index (χ3n) is 2.75. The van der Waals surface area contributed by atoms with Crippen molar-refractivity contribution in [3.8, 4) is 21.3 Å². The van der Waals surface area contributed by atoms with E-state index in [1.54, 1.807) is 22.7 Å². The largest absolute Gasteiger partial charge is 0.235 e. The fourth-order valence-electron chi connectivity index (χ4n) is 1.87. The molecule has 1 aromatic carbocycles. The Morgan fingerprint density at radius 2 is 1.84 bits per heavy atom. The van der Waals surface area contributed by atoms with Crippen LogP contribution >= 0.6 is 22.7 Å². The zero-order valence-electron chi connectivity index (χ0n) is 9.72. The van der Waals surface area contributed by atoms with Gasteiger partial charge in [-0.1, -0.05) is 47.7 Å². The Kier molecular flexibility index (Phi) is 2.43. The second-order valence-electron chi connectivity index (χ2n) is 3.97. The van der Waals surface area contributed by atoms with Crippen molar-refractivity contribution in [1.29, 1.82) is 0 Å². The van der Waals surface area contributed by atoms with E-state index in [1.807, 2.05) is 40.2 Å². The van der Waals surface area contributed by atoms with Gasteiger partial charge in [-0.15, -0.1) is 21.5 Å². The SMILES string of the molecule is c1ccc(-c2nn3c(-c4cccs4)nnc3s2)cc1. The summed E-state index contributed by atoms with van der Waals surface area (Å²) in [6.07, 6.45) is 0. The first-order valence-electron chi connectivity index (χ1n) is 5.73. The Morgan fingerprint density at radius 3 is 2.63 bits per heavy atom. The van der Waals surface area contributed by atoms with Crippen LogP contribution in [-0.2, 0) is 0 Å². The van der Waals surface area contributed by atoms with Gasteiger partial charge in [-0.3, -0.25) is 0 Å². The van der Waals surface area contributed by atoms with Crippen LogP contribution in [-0.4, -0.2) is 19.8 Å². The highest BCUT2D eigenvalue weighted by molar-refractivity contribution is 7.19. The molecule has 19 heavy (non-hydrogen) atoms. The number of rotatable bonds is 2. The topological polar surface area (TPSA) is 43.1 Å². The van der Waals surface area contributed by atoms with Crippen molar-refractivity contribution >= 4 is 27.6 Å². The van der Waals surface area contributed by atoms with Crippen molar-refractivity contribution in [3.63, 3.8) is 0 Å². The molecule has 0 unspecified atom stereocenters. The van der Waals surface area contributed by atoms with Crippen LogP contribution in [0.2, 0.25) is 0 Å².